The lowest BCUT2D eigenvalue weighted by atomic mass is 10.0. The van der Waals surface area contributed by atoms with Crippen LogP contribution in [0.3, 0.4) is 0 Å². The summed E-state index contributed by atoms with van der Waals surface area (Å²) in [4.78, 5) is 12.3. The first-order valence-electron chi connectivity index (χ1n) is 10.4. The van der Waals surface area contributed by atoms with Gasteiger partial charge in [-0.3, -0.25) is 9.89 Å². The Kier molecular flexibility index (Phi) is 5.94. The molecule has 0 bridgehead atoms. The van der Waals surface area contributed by atoms with Crippen molar-refractivity contribution in [1.29, 1.82) is 0 Å². The molecular formula is C24H27N3O2. The molecular weight excluding hydrogens is 362 g/mol. The third-order valence-corrected chi connectivity index (χ3v) is 5.16. The molecule has 0 unspecified atom stereocenters. The second-order valence-corrected chi connectivity index (χ2v) is 7.63. The number of anilines is 1. The highest BCUT2D eigenvalue weighted by atomic mass is 16.5. The van der Waals surface area contributed by atoms with E-state index in [0.29, 0.717) is 18.2 Å². The number of unbranched alkanes of at least 4 members (excludes halogenated alkanes) is 1. The van der Waals surface area contributed by atoms with Gasteiger partial charge in [-0.15, -0.1) is 0 Å². The van der Waals surface area contributed by atoms with Crippen molar-refractivity contribution in [3.63, 3.8) is 0 Å². The molecule has 0 saturated heterocycles. The van der Waals surface area contributed by atoms with E-state index in [0.717, 1.165) is 47.6 Å². The summed E-state index contributed by atoms with van der Waals surface area (Å²) in [7, 11) is 0. The van der Waals surface area contributed by atoms with E-state index in [1.165, 1.54) is 12.8 Å². The standard InChI is InChI=1S/C24H27N3O2/c1-2-3-14-29-21-12-10-19(11-13-21)18-6-4-17(5-7-18)15-24(28)25-23-16-22(26-27-23)20-8-9-20/h4-7,10-13,16,20H,2-3,8-9,14-15H2,1H3,(H2,25,26,27,28). The van der Waals surface area contributed by atoms with Crippen LogP contribution in [0.4, 0.5) is 5.82 Å². The number of hydrogen-bond donors (Lipinski definition) is 2. The van der Waals surface area contributed by atoms with Crippen LogP contribution in [0.25, 0.3) is 11.1 Å². The minimum absolute atomic E-state index is 0.0554. The lowest BCUT2D eigenvalue weighted by molar-refractivity contribution is -0.115. The molecule has 1 aromatic heterocycles. The van der Waals surface area contributed by atoms with Gasteiger partial charge >= 0.3 is 0 Å². The number of carbonyl (C=O) groups excluding carboxylic acids is 1. The number of aromatic nitrogens is 2. The Labute approximate surface area is 171 Å². The van der Waals surface area contributed by atoms with Crippen molar-refractivity contribution in [2.45, 2.75) is 44.9 Å². The van der Waals surface area contributed by atoms with Gasteiger partial charge in [0.1, 0.15) is 5.75 Å². The first kappa shape index (κ1) is 19.2. The first-order chi connectivity index (χ1) is 14.2. The summed E-state index contributed by atoms with van der Waals surface area (Å²) in [5.41, 5.74) is 4.35. The fourth-order valence-corrected chi connectivity index (χ4v) is 3.27. The van der Waals surface area contributed by atoms with Gasteiger partial charge in [-0.05, 0) is 48.1 Å². The van der Waals surface area contributed by atoms with Gasteiger partial charge in [-0.1, -0.05) is 49.7 Å². The van der Waals surface area contributed by atoms with E-state index in [2.05, 4.69) is 46.7 Å². The van der Waals surface area contributed by atoms with Gasteiger partial charge in [0.05, 0.1) is 13.0 Å². The predicted octanol–water partition coefficient (Wildman–Crippen LogP) is 5.31. The van der Waals surface area contributed by atoms with E-state index in [1.807, 2.05) is 30.3 Å². The second kappa shape index (κ2) is 8.95. The van der Waals surface area contributed by atoms with Gasteiger partial charge in [-0.25, -0.2) is 0 Å². The summed E-state index contributed by atoms with van der Waals surface area (Å²) in [5, 5.41) is 10.1. The Hall–Kier alpha value is -3.08. The number of ether oxygens (including phenoxy) is 1. The van der Waals surface area contributed by atoms with Crippen LogP contribution in [0.15, 0.2) is 54.6 Å². The molecule has 3 aromatic rings. The van der Waals surface area contributed by atoms with Crippen molar-refractivity contribution < 1.29 is 9.53 Å². The van der Waals surface area contributed by atoms with Crippen molar-refractivity contribution in [2.75, 3.05) is 11.9 Å². The fourth-order valence-electron chi connectivity index (χ4n) is 3.27. The highest BCUT2D eigenvalue weighted by Gasteiger charge is 2.25. The maximum atomic E-state index is 12.3. The molecule has 0 radical (unpaired) electrons. The minimum Gasteiger partial charge on any atom is -0.494 e. The molecule has 0 atom stereocenters. The molecule has 1 fully saturated rings. The Morgan fingerprint density at radius 2 is 1.79 bits per heavy atom. The molecule has 0 aliphatic heterocycles. The lowest BCUT2D eigenvalue weighted by Crippen LogP contribution is -2.14. The van der Waals surface area contributed by atoms with Crippen LogP contribution in [-0.2, 0) is 11.2 Å². The zero-order chi connectivity index (χ0) is 20.1. The van der Waals surface area contributed by atoms with Gasteiger partial charge in [0.25, 0.3) is 0 Å². The van der Waals surface area contributed by atoms with E-state index < -0.39 is 0 Å². The summed E-state index contributed by atoms with van der Waals surface area (Å²) >= 11 is 0. The molecule has 4 rings (SSSR count). The summed E-state index contributed by atoms with van der Waals surface area (Å²) in [6.45, 7) is 2.91. The number of hydrogen-bond acceptors (Lipinski definition) is 3. The van der Waals surface area contributed by atoms with Gasteiger partial charge in [0.2, 0.25) is 5.91 Å². The third kappa shape index (κ3) is 5.25. The van der Waals surface area contributed by atoms with E-state index >= 15 is 0 Å². The molecule has 2 aromatic carbocycles. The molecule has 1 aliphatic carbocycles. The van der Waals surface area contributed by atoms with Crippen LogP contribution in [0.5, 0.6) is 5.75 Å². The average Bonchev–Trinajstić information content (AvgIpc) is 3.49. The molecule has 1 amide bonds. The molecule has 29 heavy (non-hydrogen) atoms. The molecule has 2 N–H and O–H groups in total. The number of aromatic amines is 1. The van der Waals surface area contributed by atoms with Crippen LogP contribution in [0.2, 0.25) is 0 Å². The topological polar surface area (TPSA) is 67.0 Å². The Bertz CT molecular complexity index is 941. The van der Waals surface area contributed by atoms with E-state index in [-0.39, 0.29) is 5.91 Å². The van der Waals surface area contributed by atoms with Crippen molar-refractivity contribution in [3.05, 3.63) is 65.9 Å². The van der Waals surface area contributed by atoms with Crippen molar-refractivity contribution in [3.8, 4) is 16.9 Å². The summed E-state index contributed by atoms with van der Waals surface area (Å²) in [5.74, 6) is 2.05. The minimum atomic E-state index is -0.0554. The van der Waals surface area contributed by atoms with Crippen LogP contribution in [0.1, 0.15) is 49.8 Å². The smallest absolute Gasteiger partial charge is 0.229 e. The molecule has 1 saturated carbocycles. The number of carbonyl (C=O) groups is 1. The maximum Gasteiger partial charge on any atom is 0.229 e. The quantitative estimate of drug-likeness (QED) is 0.487. The number of rotatable bonds is 9. The Morgan fingerprint density at radius 1 is 1.10 bits per heavy atom. The van der Waals surface area contributed by atoms with Crippen LogP contribution >= 0.6 is 0 Å². The van der Waals surface area contributed by atoms with E-state index in [4.69, 9.17) is 4.74 Å². The predicted molar refractivity (Wildman–Crippen MR) is 115 cm³/mol. The van der Waals surface area contributed by atoms with Crippen molar-refractivity contribution >= 4 is 11.7 Å². The molecule has 150 valence electrons. The van der Waals surface area contributed by atoms with Gasteiger partial charge in [0.15, 0.2) is 5.82 Å². The maximum absolute atomic E-state index is 12.3. The molecule has 1 heterocycles. The molecule has 5 nitrogen and oxygen atoms in total. The number of amides is 1. The van der Waals surface area contributed by atoms with E-state index in [9.17, 15) is 4.79 Å². The Balaban J connectivity index is 1.31. The SMILES string of the molecule is CCCCOc1ccc(-c2ccc(CC(=O)Nc3cc(C4CC4)[nH]n3)cc2)cc1. The second-order valence-electron chi connectivity index (χ2n) is 7.63. The summed E-state index contributed by atoms with van der Waals surface area (Å²) in [6.07, 6.45) is 4.94. The highest BCUT2D eigenvalue weighted by molar-refractivity contribution is 5.91. The first-order valence-corrected chi connectivity index (χ1v) is 10.4. The zero-order valence-electron chi connectivity index (χ0n) is 16.8. The monoisotopic (exact) mass is 389 g/mol. The molecule has 5 heteroatoms. The number of benzene rings is 2. The van der Waals surface area contributed by atoms with Crippen LogP contribution in [0, 0.1) is 0 Å². The third-order valence-electron chi connectivity index (χ3n) is 5.16. The van der Waals surface area contributed by atoms with Gasteiger partial charge < -0.3 is 10.1 Å². The molecule has 0 spiro atoms. The van der Waals surface area contributed by atoms with Crippen LogP contribution < -0.4 is 10.1 Å². The Morgan fingerprint density at radius 3 is 2.45 bits per heavy atom. The normalized spacial score (nSPS) is 13.3. The van der Waals surface area contributed by atoms with Crippen molar-refractivity contribution in [2.24, 2.45) is 0 Å². The highest BCUT2D eigenvalue weighted by Crippen LogP contribution is 2.39. The summed E-state index contributed by atoms with van der Waals surface area (Å²) in [6, 6.07) is 18.2. The zero-order valence-corrected chi connectivity index (χ0v) is 16.8. The fraction of sp³-hybridized carbons (Fsp3) is 0.333. The number of H-pyrrole nitrogens is 1. The largest absolute Gasteiger partial charge is 0.494 e. The summed E-state index contributed by atoms with van der Waals surface area (Å²) < 4.78 is 5.72. The number of nitrogens with zero attached hydrogens (tertiary/aromatic N) is 1. The van der Waals surface area contributed by atoms with Gasteiger partial charge in [0, 0.05) is 17.7 Å². The van der Waals surface area contributed by atoms with Crippen molar-refractivity contribution in [1.82, 2.24) is 10.2 Å². The number of nitrogens with one attached hydrogen (secondary N) is 2. The molecule has 1 aliphatic rings. The van der Waals surface area contributed by atoms with E-state index in [1.54, 1.807) is 0 Å². The average molecular weight is 389 g/mol. The van der Waals surface area contributed by atoms with Crippen LogP contribution in [-0.4, -0.2) is 22.7 Å². The lowest BCUT2D eigenvalue weighted by Gasteiger charge is -2.08. The van der Waals surface area contributed by atoms with Gasteiger partial charge in [-0.2, -0.15) is 5.10 Å².